The lowest BCUT2D eigenvalue weighted by Gasteiger charge is -2.26. The fourth-order valence-electron chi connectivity index (χ4n) is 4.08. The first-order chi connectivity index (χ1) is 15.7. The molecule has 0 bridgehead atoms. The number of esters is 1. The fourth-order valence-corrected chi connectivity index (χ4v) is 4.27. The first-order valence-electron chi connectivity index (χ1n) is 10.7. The van der Waals surface area contributed by atoms with E-state index in [0.29, 0.717) is 17.4 Å². The average Bonchev–Trinajstić information content (AvgIpc) is 3.12. The summed E-state index contributed by atoms with van der Waals surface area (Å²) in [6.45, 7) is 6.25. The van der Waals surface area contributed by atoms with E-state index in [1.165, 1.54) is 6.20 Å². The van der Waals surface area contributed by atoms with Gasteiger partial charge >= 0.3 is 5.97 Å². The number of carbonyl (C=O) groups is 1. The van der Waals surface area contributed by atoms with Crippen molar-refractivity contribution in [3.63, 3.8) is 0 Å². The Balaban J connectivity index is 1.69. The van der Waals surface area contributed by atoms with E-state index in [4.69, 9.17) is 22.1 Å². The zero-order chi connectivity index (χ0) is 23.8. The lowest BCUT2D eigenvalue weighted by Crippen LogP contribution is -2.32. The molecule has 1 aromatic heterocycles. The van der Waals surface area contributed by atoms with Crippen molar-refractivity contribution in [1.82, 2.24) is 9.97 Å². The van der Waals surface area contributed by atoms with Gasteiger partial charge in [0.05, 0.1) is 18.2 Å². The molecule has 3 N–H and O–H groups in total. The lowest BCUT2D eigenvalue weighted by atomic mass is 9.80. The third-order valence-electron chi connectivity index (χ3n) is 6.24. The summed E-state index contributed by atoms with van der Waals surface area (Å²) in [5.41, 5.74) is 7.85. The van der Waals surface area contributed by atoms with Crippen molar-refractivity contribution in [1.29, 1.82) is 0 Å². The number of nitrogens with zero attached hydrogens (tertiary/aromatic N) is 3. The second-order valence-corrected chi connectivity index (χ2v) is 9.53. The molecule has 2 aromatic carbocycles. The molecule has 8 heteroatoms. The van der Waals surface area contributed by atoms with Crippen LogP contribution in [0.1, 0.15) is 37.5 Å². The lowest BCUT2D eigenvalue weighted by molar-refractivity contribution is -0.150. The van der Waals surface area contributed by atoms with Crippen molar-refractivity contribution in [2.75, 3.05) is 23.8 Å². The molecule has 0 fully saturated rings. The maximum atomic E-state index is 13.0. The molecule has 172 valence electrons. The quantitative estimate of drug-likeness (QED) is 0.526. The van der Waals surface area contributed by atoms with Crippen molar-refractivity contribution in [2.45, 2.75) is 38.2 Å². The molecule has 4 rings (SSSR count). The van der Waals surface area contributed by atoms with Crippen LogP contribution in [0.5, 0.6) is 0 Å². The van der Waals surface area contributed by atoms with E-state index in [-0.39, 0.29) is 25.1 Å². The molecule has 3 aromatic rings. The number of nitrogen functional groups attached to an aromatic ring is 1. The molecule has 0 aliphatic carbocycles. The number of hydrogen-bond acceptors (Lipinski definition) is 7. The van der Waals surface area contributed by atoms with Gasteiger partial charge in [-0.05, 0) is 36.6 Å². The zero-order valence-corrected chi connectivity index (χ0v) is 19.6. The highest BCUT2D eigenvalue weighted by Crippen LogP contribution is 2.47. The summed E-state index contributed by atoms with van der Waals surface area (Å²) < 4.78 is 5.62. The van der Waals surface area contributed by atoms with Gasteiger partial charge in [0.2, 0.25) is 5.95 Å². The van der Waals surface area contributed by atoms with Crippen molar-refractivity contribution in [3.8, 4) is 0 Å². The molecule has 2 heterocycles. The number of aliphatic hydroxyl groups is 1. The molecule has 0 unspecified atom stereocenters. The van der Waals surface area contributed by atoms with Crippen LogP contribution in [0.25, 0.3) is 0 Å². The Hall–Kier alpha value is -3.16. The number of rotatable bonds is 6. The Morgan fingerprint density at radius 1 is 1.27 bits per heavy atom. The van der Waals surface area contributed by atoms with E-state index in [0.717, 1.165) is 22.4 Å². The first-order valence-corrected chi connectivity index (χ1v) is 11.1. The van der Waals surface area contributed by atoms with Crippen LogP contribution in [0.15, 0.2) is 54.7 Å². The van der Waals surface area contributed by atoms with Crippen LogP contribution in [0.4, 0.5) is 17.5 Å². The summed E-state index contributed by atoms with van der Waals surface area (Å²) in [6, 6.07) is 15.4. The number of fused-ring (bicyclic) bond motifs is 1. The number of aromatic nitrogens is 2. The molecule has 0 amide bonds. The van der Waals surface area contributed by atoms with Crippen LogP contribution < -0.4 is 10.6 Å². The first kappa shape index (κ1) is 23.0. The van der Waals surface area contributed by atoms with Gasteiger partial charge in [-0.3, -0.25) is 4.79 Å². The minimum Gasteiger partial charge on any atom is -0.460 e. The van der Waals surface area contributed by atoms with Gasteiger partial charge in [0.15, 0.2) is 5.82 Å². The Labute approximate surface area is 198 Å². The second kappa shape index (κ2) is 8.65. The molecular formula is C25H27ClN4O3. The summed E-state index contributed by atoms with van der Waals surface area (Å²) in [7, 11) is 0. The Bertz CT molecular complexity index is 1190. The molecule has 0 radical (unpaired) electrons. The standard InChI is InChI=1S/C25H27ClN4O3/c1-24(2,22(32)33-13-16-7-5-4-6-8-16)17-9-10-18-20(11-17)30(14-25(18,3)15-31)21-19(26)12-28-23(27)29-21/h4-12,31H,13-15H2,1-3H3,(H2,27,28,29)/t25-/m0/s1. The molecule has 0 spiro atoms. The van der Waals surface area contributed by atoms with E-state index in [2.05, 4.69) is 9.97 Å². The number of nitrogens with two attached hydrogens (primary N) is 1. The van der Waals surface area contributed by atoms with Crippen molar-refractivity contribution < 1.29 is 14.6 Å². The molecule has 1 atom stereocenters. The highest BCUT2D eigenvalue weighted by Gasteiger charge is 2.42. The summed E-state index contributed by atoms with van der Waals surface area (Å²) in [5, 5.41) is 10.5. The SMILES string of the molecule is CC(C)(C(=O)OCc1ccccc1)c1ccc2c(c1)N(c1nc(N)ncc1Cl)C[C@@]2(C)CO. The molecule has 1 aliphatic heterocycles. The van der Waals surface area contributed by atoms with Crippen molar-refractivity contribution in [2.24, 2.45) is 0 Å². The average molecular weight is 467 g/mol. The van der Waals surface area contributed by atoms with E-state index < -0.39 is 10.8 Å². The number of halogens is 1. The predicted octanol–water partition coefficient (Wildman–Crippen LogP) is 4.13. The van der Waals surface area contributed by atoms with Gasteiger partial charge in [0.25, 0.3) is 0 Å². The summed E-state index contributed by atoms with van der Waals surface area (Å²) in [4.78, 5) is 23.2. The molecule has 33 heavy (non-hydrogen) atoms. The normalized spacial score (nSPS) is 17.7. The van der Waals surface area contributed by atoms with E-state index in [1.54, 1.807) is 0 Å². The van der Waals surface area contributed by atoms with Crippen LogP contribution in [0, 0.1) is 0 Å². The smallest absolute Gasteiger partial charge is 0.316 e. The number of carbonyl (C=O) groups excluding carboxylic acids is 1. The molecular weight excluding hydrogens is 440 g/mol. The van der Waals surface area contributed by atoms with Crippen molar-refractivity contribution >= 4 is 35.0 Å². The third-order valence-corrected chi connectivity index (χ3v) is 6.51. The number of aliphatic hydroxyl groups excluding tert-OH is 1. The molecule has 1 aliphatic rings. The highest BCUT2D eigenvalue weighted by atomic mass is 35.5. The maximum Gasteiger partial charge on any atom is 0.316 e. The third kappa shape index (κ3) is 4.26. The number of hydrogen-bond donors (Lipinski definition) is 2. The Morgan fingerprint density at radius 2 is 2.00 bits per heavy atom. The summed E-state index contributed by atoms with van der Waals surface area (Å²) in [5.74, 6) is 0.240. The zero-order valence-electron chi connectivity index (χ0n) is 18.9. The van der Waals surface area contributed by atoms with Crippen LogP contribution in [-0.2, 0) is 27.0 Å². The molecule has 7 nitrogen and oxygen atoms in total. The van der Waals surface area contributed by atoms with Gasteiger partial charge in [0.1, 0.15) is 11.6 Å². The Kier molecular flexibility index (Phi) is 6.03. The van der Waals surface area contributed by atoms with Gasteiger partial charge < -0.3 is 20.5 Å². The second-order valence-electron chi connectivity index (χ2n) is 9.12. The predicted molar refractivity (Wildman–Crippen MR) is 129 cm³/mol. The van der Waals surface area contributed by atoms with Gasteiger partial charge in [0, 0.05) is 17.6 Å². The highest BCUT2D eigenvalue weighted by molar-refractivity contribution is 6.33. The van der Waals surface area contributed by atoms with Crippen LogP contribution >= 0.6 is 11.6 Å². The van der Waals surface area contributed by atoms with Crippen molar-refractivity contribution in [3.05, 3.63) is 76.4 Å². The largest absolute Gasteiger partial charge is 0.460 e. The monoisotopic (exact) mass is 466 g/mol. The maximum absolute atomic E-state index is 13.0. The van der Waals surface area contributed by atoms with Crippen LogP contribution in [0.2, 0.25) is 5.02 Å². The van der Waals surface area contributed by atoms with Crippen LogP contribution in [-0.4, -0.2) is 34.2 Å². The van der Waals surface area contributed by atoms with Gasteiger partial charge in [-0.25, -0.2) is 4.98 Å². The summed E-state index contributed by atoms with van der Waals surface area (Å²) >= 11 is 6.40. The fraction of sp³-hybridized carbons (Fsp3) is 0.320. The van der Waals surface area contributed by atoms with Gasteiger partial charge in [-0.2, -0.15) is 4.98 Å². The molecule has 0 saturated heterocycles. The van der Waals surface area contributed by atoms with Gasteiger partial charge in [-0.15, -0.1) is 0 Å². The summed E-state index contributed by atoms with van der Waals surface area (Å²) in [6.07, 6.45) is 1.46. The molecule has 0 saturated carbocycles. The van der Waals surface area contributed by atoms with Crippen LogP contribution in [0.3, 0.4) is 0 Å². The van der Waals surface area contributed by atoms with Gasteiger partial charge in [-0.1, -0.05) is 61.0 Å². The minimum atomic E-state index is -0.901. The number of benzene rings is 2. The number of ether oxygens (including phenoxy) is 1. The van der Waals surface area contributed by atoms with E-state index in [9.17, 15) is 9.90 Å². The number of anilines is 3. The minimum absolute atomic E-state index is 0.0590. The topological polar surface area (TPSA) is 102 Å². The van der Waals surface area contributed by atoms with E-state index >= 15 is 0 Å². The Morgan fingerprint density at radius 3 is 2.70 bits per heavy atom. The van der Waals surface area contributed by atoms with E-state index in [1.807, 2.05) is 74.2 Å².